The Bertz CT molecular complexity index is 982. The van der Waals surface area contributed by atoms with Gasteiger partial charge in [0.2, 0.25) is 0 Å². The number of anilines is 1. The molecule has 4 rings (SSSR count). The van der Waals surface area contributed by atoms with Crippen molar-refractivity contribution in [2.75, 3.05) is 31.1 Å². The zero-order valence-electron chi connectivity index (χ0n) is 14.6. The second-order valence-corrected chi connectivity index (χ2v) is 6.16. The molecule has 1 fully saturated rings. The first-order chi connectivity index (χ1) is 13.2. The summed E-state index contributed by atoms with van der Waals surface area (Å²) in [4.78, 5) is 44.3. The zero-order valence-corrected chi connectivity index (χ0v) is 14.6. The van der Waals surface area contributed by atoms with Gasteiger partial charge in [0.1, 0.15) is 17.1 Å². The van der Waals surface area contributed by atoms with Crippen LogP contribution in [-0.4, -0.2) is 56.9 Å². The Kier molecular flexibility index (Phi) is 4.61. The minimum atomic E-state index is -0.456. The topological polar surface area (TPSA) is 95.1 Å². The molecule has 0 spiro atoms. The average molecular weight is 362 g/mol. The maximum Gasteiger partial charge on any atom is 0.264 e. The van der Waals surface area contributed by atoms with Gasteiger partial charge in [-0.25, -0.2) is 9.97 Å². The SMILES string of the molecule is O=C(c1cnc(-c2ccccn2)[nH]c1=O)N1CCN(c2ccccn2)CC1. The van der Waals surface area contributed by atoms with Gasteiger partial charge < -0.3 is 14.8 Å². The van der Waals surface area contributed by atoms with Crippen LogP contribution in [0.25, 0.3) is 11.5 Å². The number of piperazine rings is 1. The predicted molar refractivity (Wildman–Crippen MR) is 100 cm³/mol. The first-order valence-electron chi connectivity index (χ1n) is 8.68. The minimum absolute atomic E-state index is 0.0426. The van der Waals surface area contributed by atoms with Crippen molar-refractivity contribution in [1.29, 1.82) is 0 Å². The Morgan fingerprint density at radius 1 is 0.926 bits per heavy atom. The molecule has 1 aliphatic rings. The number of hydrogen-bond donors (Lipinski definition) is 1. The highest BCUT2D eigenvalue weighted by Gasteiger charge is 2.25. The Labute approximate surface area is 155 Å². The van der Waals surface area contributed by atoms with Crippen LogP contribution in [0.1, 0.15) is 10.4 Å². The quantitative estimate of drug-likeness (QED) is 0.752. The van der Waals surface area contributed by atoms with Crippen LogP contribution in [0.2, 0.25) is 0 Å². The molecule has 1 saturated heterocycles. The largest absolute Gasteiger partial charge is 0.353 e. The molecule has 0 unspecified atom stereocenters. The molecular weight excluding hydrogens is 344 g/mol. The molecule has 0 radical (unpaired) electrons. The molecule has 3 aromatic rings. The summed E-state index contributed by atoms with van der Waals surface area (Å²) >= 11 is 0. The molecule has 0 aromatic carbocycles. The molecule has 0 aliphatic carbocycles. The summed E-state index contributed by atoms with van der Waals surface area (Å²) in [5.41, 5.74) is 0.140. The van der Waals surface area contributed by atoms with Gasteiger partial charge in [0.15, 0.2) is 5.82 Å². The van der Waals surface area contributed by atoms with Gasteiger partial charge in [-0.3, -0.25) is 14.6 Å². The van der Waals surface area contributed by atoms with Crippen molar-refractivity contribution >= 4 is 11.7 Å². The number of aromatic nitrogens is 4. The van der Waals surface area contributed by atoms with Gasteiger partial charge in [-0.05, 0) is 24.3 Å². The summed E-state index contributed by atoms with van der Waals surface area (Å²) in [5.74, 6) is 0.929. The molecule has 136 valence electrons. The molecule has 8 nitrogen and oxygen atoms in total. The maximum atomic E-state index is 12.7. The lowest BCUT2D eigenvalue weighted by Gasteiger charge is -2.35. The van der Waals surface area contributed by atoms with Crippen LogP contribution in [0.15, 0.2) is 59.8 Å². The second kappa shape index (κ2) is 7.36. The third-order valence-electron chi connectivity index (χ3n) is 4.48. The van der Waals surface area contributed by atoms with Crippen LogP contribution in [0, 0.1) is 0 Å². The van der Waals surface area contributed by atoms with Gasteiger partial charge in [-0.1, -0.05) is 12.1 Å². The molecule has 1 N–H and O–H groups in total. The summed E-state index contributed by atoms with van der Waals surface area (Å²) in [6.45, 7) is 2.38. The number of nitrogens with zero attached hydrogens (tertiary/aromatic N) is 5. The van der Waals surface area contributed by atoms with E-state index < -0.39 is 5.56 Å². The van der Waals surface area contributed by atoms with Crippen LogP contribution in [0.5, 0.6) is 0 Å². The Balaban J connectivity index is 1.47. The number of carbonyl (C=O) groups excluding carboxylic acids is 1. The number of H-pyrrole nitrogens is 1. The van der Waals surface area contributed by atoms with Gasteiger partial charge in [0.25, 0.3) is 11.5 Å². The Hall–Kier alpha value is -3.55. The fourth-order valence-corrected chi connectivity index (χ4v) is 3.03. The number of amides is 1. The Morgan fingerprint density at radius 2 is 1.67 bits per heavy atom. The molecule has 3 aromatic heterocycles. The van der Waals surface area contributed by atoms with Crippen molar-refractivity contribution < 1.29 is 4.79 Å². The normalized spacial score (nSPS) is 14.2. The van der Waals surface area contributed by atoms with Crippen molar-refractivity contribution in [2.24, 2.45) is 0 Å². The number of aromatic amines is 1. The van der Waals surface area contributed by atoms with Gasteiger partial charge in [0.05, 0.1) is 0 Å². The zero-order chi connectivity index (χ0) is 18.6. The average Bonchev–Trinajstić information content (AvgIpc) is 2.74. The third-order valence-corrected chi connectivity index (χ3v) is 4.48. The van der Waals surface area contributed by atoms with Crippen molar-refractivity contribution in [3.8, 4) is 11.5 Å². The van der Waals surface area contributed by atoms with Crippen LogP contribution < -0.4 is 10.5 Å². The summed E-state index contributed by atoms with van der Waals surface area (Å²) in [6, 6.07) is 11.1. The van der Waals surface area contributed by atoms with E-state index in [0.717, 1.165) is 5.82 Å². The highest BCUT2D eigenvalue weighted by molar-refractivity contribution is 5.93. The van der Waals surface area contributed by atoms with E-state index >= 15 is 0 Å². The van der Waals surface area contributed by atoms with Crippen molar-refractivity contribution in [3.63, 3.8) is 0 Å². The molecule has 1 amide bonds. The van der Waals surface area contributed by atoms with E-state index in [4.69, 9.17) is 0 Å². The van der Waals surface area contributed by atoms with Crippen molar-refractivity contribution in [1.82, 2.24) is 24.8 Å². The number of rotatable bonds is 3. The van der Waals surface area contributed by atoms with Crippen molar-refractivity contribution in [2.45, 2.75) is 0 Å². The van der Waals surface area contributed by atoms with Gasteiger partial charge in [-0.15, -0.1) is 0 Å². The summed E-state index contributed by atoms with van der Waals surface area (Å²) < 4.78 is 0. The van der Waals surface area contributed by atoms with Crippen LogP contribution in [0.3, 0.4) is 0 Å². The number of carbonyl (C=O) groups is 1. The summed E-state index contributed by atoms with van der Waals surface area (Å²) in [7, 11) is 0. The summed E-state index contributed by atoms with van der Waals surface area (Å²) in [6.07, 6.45) is 4.70. The monoisotopic (exact) mass is 362 g/mol. The van der Waals surface area contributed by atoms with E-state index in [1.54, 1.807) is 29.4 Å². The maximum absolute atomic E-state index is 12.7. The Morgan fingerprint density at radius 3 is 2.30 bits per heavy atom. The molecule has 0 atom stereocenters. The lowest BCUT2D eigenvalue weighted by molar-refractivity contribution is 0.0744. The number of nitrogens with one attached hydrogen (secondary N) is 1. The molecule has 27 heavy (non-hydrogen) atoms. The standard InChI is InChI=1S/C19H18N6O2/c26-18-14(13-22-17(23-18)15-5-1-3-7-20-15)19(27)25-11-9-24(10-12-25)16-6-2-4-8-21-16/h1-8,13H,9-12H2,(H,22,23,26). The van der Waals surface area contributed by atoms with E-state index in [2.05, 4.69) is 24.8 Å². The molecule has 8 heteroatoms. The first kappa shape index (κ1) is 16.9. The van der Waals surface area contributed by atoms with Crippen molar-refractivity contribution in [3.05, 3.63) is 70.9 Å². The third kappa shape index (κ3) is 3.55. The van der Waals surface area contributed by atoms with E-state index in [1.807, 2.05) is 24.3 Å². The highest BCUT2D eigenvalue weighted by atomic mass is 16.2. The summed E-state index contributed by atoms with van der Waals surface area (Å²) in [5, 5.41) is 0. The lowest BCUT2D eigenvalue weighted by atomic mass is 10.2. The first-order valence-corrected chi connectivity index (χ1v) is 8.68. The van der Waals surface area contributed by atoms with Crippen LogP contribution in [0.4, 0.5) is 5.82 Å². The number of hydrogen-bond acceptors (Lipinski definition) is 6. The van der Waals surface area contributed by atoms with Gasteiger partial charge in [-0.2, -0.15) is 0 Å². The molecule has 4 heterocycles. The lowest BCUT2D eigenvalue weighted by Crippen LogP contribution is -2.49. The fourth-order valence-electron chi connectivity index (χ4n) is 3.03. The molecule has 0 bridgehead atoms. The fraction of sp³-hybridized carbons (Fsp3) is 0.211. The highest BCUT2D eigenvalue weighted by Crippen LogP contribution is 2.14. The minimum Gasteiger partial charge on any atom is -0.353 e. The van der Waals surface area contributed by atoms with E-state index in [9.17, 15) is 9.59 Å². The number of pyridine rings is 2. The van der Waals surface area contributed by atoms with Crippen LogP contribution >= 0.6 is 0 Å². The van der Waals surface area contributed by atoms with E-state index in [-0.39, 0.29) is 11.5 Å². The predicted octanol–water partition coefficient (Wildman–Crippen LogP) is 1.19. The molecule has 0 saturated carbocycles. The second-order valence-electron chi connectivity index (χ2n) is 6.16. The van der Waals surface area contributed by atoms with E-state index in [1.165, 1.54) is 6.20 Å². The van der Waals surface area contributed by atoms with Gasteiger partial charge in [0, 0.05) is 44.8 Å². The smallest absolute Gasteiger partial charge is 0.264 e. The molecular formula is C19H18N6O2. The van der Waals surface area contributed by atoms with Crippen LogP contribution in [-0.2, 0) is 0 Å². The van der Waals surface area contributed by atoms with E-state index in [0.29, 0.717) is 37.7 Å². The van der Waals surface area contributed by atoms with Gasteiger partial charge >= 0.3 is 0 Å². The molecule has 1 aliphatic heterocycles.